The minimum absolute atomic E-state index is 0.0703. The lowest BCUT2D eigenvalue weighted by Crippen LogP contribution is -2.21. The van der Waals surface area contributed by atoms with Crippen LogP contribution in [0.15, 0.2) is 30.6 Å². The van der Waals surface area contributed by atoms with Crippen LogP contribution >= 0.6 is 0 Å². The van der Waals surface area contributed by atoms with Gasteiger partial charge in [-0.3, -0.25) is 14.8 Å². The van der Waals surface area contributed by atoms with Crippen LogP contribution in [-0.2, 0) is 13.5 Å². The molecule has 0 spiro atoms. The molecule has 6 nitrogen and oxygen atoms in total. The van der Waals surface area contributed by atoms with Crippen molar-refractivity contribution < 1.29 is 4.92 Å². The summed E-state index contributed by atoms with van der Waals surface area (Å²) in [6.07, 6.45) is 4.72. The zero-order chi connectivity index (χ0) is 15.4. The summed E-state index contributed by atoms with van der Waals surface area (Å²) >= 11 is 0. The highest BCUT2D eigenvalue weighted by Crippen LogP contribution is 2.23. The Kier molecular flexibility index (Phi) is 4.70. The van der Waals surface area contributed by atoms with E-state index in [0.29, 0.717) is 5.56 Å². The number of nitro benzene ring substituents is 1. The van der Waals surface area contributed by atoms with E-state index in [1.165, 1.54) is 5.56 Å². The maximum absolute atomic E-state index is 11.0. The molecule has 112 valence electrons. The number of nitrogens with one attached hydrogen (secondary N) is 1. The van der Waals surface area contributed by atoms with Gasteiger partial charge in [-0.1, -0.05) is 12.1 Å². The fourth-order valence-electron chi connectivity index (χ4n) is 2.24. The van der Waals surface area contributed by atoms with Crippen molar-refractivity contribution in [3.8, 4) is 0 Å². The van der Waals surface area contributed by atoms with Crippen molar-refractivity contribution >= 4 is 5.69 Å². The number of aromatic nitrogens is 2. The molecule has 21 heavy (non-hydrogen) atoms. The van der Waals surface area contributed by atoms with Crippen LogP contribution in [0.25, 0.3) is 0 Å². The second-order valence-corrected chi connectivity index (χ2v) is 5.25. The first-order valence-corrected chi connectivity index (χ1v) is 6.93. The van der Waals surface area contributed by atoms with E-state index in [0.717, 1.165) is 18.5 Å². The van der Waals surface area contributed by atoms with Gasteiger partial charge in [-0.2, -0.15) is 5.10 Å². The van der Waals surface area contributed by atoms with Gasteiger partial charge in [0, 0.05) is 30.9 Å². The fourth-order valence-corrected chi connectivity index (χ4v) is 2.24. The monoisotopic (exact) mass is 288 g/mol. The molecule has 1 N–H and O–H groups in total. The van der Waals surface area contributed by atoms with Gasteiger partial charge in [0.25, 0.3) is 5.69 Å². The Labute approximate surface area is 123 Å². The summed E-state index contributed by atoms with van der Waals surface area (Å²) in [5, 5.41) is 18.5. The van der Waals surface area contributed by atoms with Gasteiger partial charge in [-0.25, -0.2) is 0 Å². The molecule has 0 fully saturated rings. The SMILES string of the molecule is Cc1ccc(C(C)NCCc2cnn(C)c2)cc1[N+](=O)[O-]. The first-order chi connectivity index (χ1) is 9.97. The lowest BCUT2D eigenvalue weighted by molar-refractivity contribution is -0.385. The zero-order valence-electron chi connectivity index (χ0n) is 12.5. The fraction of sp³-hybridized carbons (Fsp3) is 0.400. The number of benzene rings is 1. The molecule has 6 heteroatoms. The van der Waals surface area contributed by atoms with Gasteiger partial charge in [-0.15, -0.1) is 0 Å². The van der Waals surface area contributed by atoms with Crippen LogP contribution in [0, 0.1) is 17.0 Å². The molecule has 0 amide bonds. The Morgan fingerprint density at radius 3 is 2.86 bits per heavy atom. The maximum Gasteiger partial charge on any atom is 0.272 e. The van der Waals surface area contributed by atoms with Crippen molar-refractivity contribution in [1.82, 2.24) is 15.1 Å². The summed E-state index contributed by atoms with van der Waals surface area (Å²) in [4.78, 5) is 10.6. The number of hydrogen-bond donors (Lipinski definition) is 1. The normalized spacial score (nSPS) is 12.3. The summed E-state index contributed by atoms with van der Waals surface area (Å²) in [5.41, 5.74) is 2.96. The highest BCUT2D eigenvalue weighted by Gasteiger charge is 2.14. The van der Waals surface area contributed by atoms with Crippen molar-refractivity contribution in [2.45, 2.75) is 26.3 Å². The third kappa shape index (κ3) is 3.88. The molecular weight excluding hydrogens is 268 g/mol. The molecule has 1 heterocycles. The van der Waals surface area contributed by atoms with Crippen LogP contribution in [0.1, 0.15) is 29.7 Å². The third-order valence-electron chi connectivity index (χ3n) is 3.55. The lowest BCUT2D eigenvalue weighted by atomic mass is 10.0. The maximum atomic E-state index is 11.0. The summed E-state index contributed by atoms with van der Waals surface area (Å²) in [6, 6.07) is 5.45. The van der Waals surface area contributed by atoms with Gasteiger partial charge in [-0.05, 0) is 37.9 Å². The van der Waals surface area contributed by atoms with E-state index in [-0.39, 0.29) is 16.7 Å². The first kappa shape index (κ1) is 15.2. The van der Waals surface area contributed by atoms with Crippen LogP contribution in [-0.4, -0.2) is 21.2 Å². The van der Waals surface area contributed by atoms with Crippen molar-refractivity contribution in [1.29, 1.82) is 0 Å². The number of hydrogen-bond acceptors (Lipinski definition) is 4. The van der Waals surface area contributed by atoms with Crippen molar-refractivity contribution in [3.63, 3.8) is 0 Å². The number of rotatable bonds is 6. The molecule has 0 bridgehead atoms. The molecule has 0 saturated carbocycles. The van der Waals surface area contributed by atoms with E-state index in [1.807, 2.05) is 32.4 Å². The van der Waals surface area contributed by atoms with Crippen molar-refractivity contribution in [3.05, 3.63) is 57.4 Å². The molecule has 0 aliphatic rings. The Morgan fingerprint density at radius 1 is 1.48 bits per heavy atom. The average Bonchev–Trinajstić information content (AvgIpc) is 2.84. The summed E-state index contributed by atoms with van der Waals surface area (Å²) < 4.78 is 1.78. The number of aryl methyl sites for hydroxylation is 2. The minimum atomic E-state index is -0.332. The molecular formula is C15H20N4O2. The molecule has 1 unspecified atom stereocenters. The smallest absolute Gasteiger partial charge is 0.272 e. The quantitative estimate of drug-likeness (QED) is 0.655. The van der Waals surface area contributed by atoms with Crippen LogP contribution < -0.4 is 5.32 Å². The molecule has 0 aliphatic carbocycles. The number of nitro groups is 1. The van der Waals surface area contributed by atoms with E-state index in [1.54, 1.807) is 23.7 Å². The van der Waals surface area contributed by atoms with Crippen molar-refractivity contribution in [2.24, 2.45) is 7.05 Å². The minimum Gasteiger partial charge on any atom is -0.310 e. The topological polar surface area (TPSA) is 73.0 Å². The Morgan fingerprint density at radius 2 is 2.24 bits per heavy atom. The molecule has 0 saturated heterocycles. The second kappa shape index (κ2) is 6.49. The summed E-state index contributed by atoms with van der Waals surface area (Å²) in [5.74, 6) is 0. The Bertz CT molecular complexity index is 636. The van der Waals surface area contributed by atoms with Crippen LogP contribution in [0.5, 0.6) is 0 Å². The summed E-state index contributed by atoms with van der Waals surface area (Å²) in [6.45, 7) is 4.56. The van der Waals surface area contributed by atoms with Gasteiger partial charge in [0.2, 0.25) is 0 Å². The van der Waals surface area contributed by atoms with E-state index in [2.05, 4.69) is 10.4 Å². The molecule has 2 rings (SSSR count). The largest absolute Gasteiger partial charge is 0.310 e. The molecule has 0 radical (unpaired) electrons. The van der Waals surface area contributed by atoms with Crippen LogP contribution in [0.4, 0.5) is 5.69 Å². The molecule has 2 aromatic rings. The Balaban J connectivity index is 1.95. The third-order valence-corrected chi connectivity index (χ3v) is 3.55. The summed E-state index contributed by atoms with van der Waals surface area (Å²) in [7, 11) is 1.89. The van der Waals surface area contributed by atoms with Crippen LogP contribution in [0.3, 0.4) is 0 Å². The predicted octanol–water partition coefficient (Wildman–Crippen LogP) is 2.53. The van der Waals surface area contributed by atoms with E-state index < -0.39 is 0 Å². The highest BCUT2D eigenvalue weighted by molar-refractivity contribution is 5.43. The van der Waals surface area contributed by atoms with Gasteiger partial charge < -0.3 is 5.32 Å². The molecule has 1 aromatic heterocycles. The number of nitrogens with zero attached hydrogens (tertiary/aromatic N) is 3. The van der Waals surface area contributed by atoms with Gasteiger partial charge in [0.15, 0.2) is 0 Å². The van der Waals surface area contributed by atoms with E-state index in [4.69, 9.17) is 0 Å². The standard InChI is InChI=1S/C15H20N4O2/c1-11-4-5-14(8-15(11)19(20)21)12(2)16-7-6-13-9-17-18(3)10-13/h4-5,8-10,12,16H,6-7H2,1-3H3. The predicted molar refractivity (Wildman–Crippen MR) is 81.2 cm³/mol. The average molecular weight is 288 g/mol. The van der Waals surface area contributed by atoms with E-state index >= 15 is 0 Å². The van der Waals surface area contributed by atoms with Gasteiger partial charge in [0.05, 0.1) is 11.1 Å². The van der Waals surface area contributed by atoms with Gasteiger partial charge >= 0.3 is 0 Å². The zero-order valence-corrected chi connectivity index (χ0v) is 12.5. The highest BCUT2D eigenvalue weighted by atomic mass is 16.6. The molecule has 1 aromatic carbocycles. The van der Waals surface area contributed by atoms with Crippen LogP contribution in [0.2, 0.25) is 0 Å². The Hall–Kier alpha value is -2.21. The van der Waals surface area contributed by atoms with Crippen molar-refractivity contribution in [2.75, 3.05) is 6.54 Å². The first-order valence-electron chi connectivity index (χ1n) is 6.93. The molecule has 0 aliphatic heterocycles. The second-order valence-electron chi connectivity index (χ2n) is 5.25. The molecule has 1 atom stereocenters. The van der Waals surface area contributed by atoms with Gasteiger partial charge in [0.1, 0.15) is 0 Å². The van der Waals surface area contributed by atoms with E-state index in [9.17, 15) is 10.1 Å². The lowest BCUT2D eigenvalue weighted by Gasteiger charge is -2.14.